The first-order chi connectivity index (χ1) is 15.6. The van der Waals surface area contributed by atoms with Crippen molar-refractivity contribution in [3.05, 3.63) is 72.4 Å². The normalized spacial score (nSPS) is 18.5. The molecule has 1 saturated heterocycles. The van der Waals surface area contributed by atoms with E-state index in [0.717, 1.165) is 35.0 Å². The van der Waals surface area contributed by atoms with E-state index < -0.39 is 0 Å². The fraction of sp³-hybridized carbons (Fsp3) is 0.320. The highest BCUT2D eigenvalue weighted by molar-refractivity contribution is 5.84. The number of aromatic nitrogens is 4. The lowest BCUT2D eigenvalue weighted by Gasteiger charge is -2.21. The number of hydrogen-bond donors (Lipinski definition) is 1. The zero-order chi connectivity index (χ0) is 22.1. The number of benzene rings is 2. The number of hydrogen-bond acceptors (Lipinski definition) is 3. The van der Waals surface area contributed by atoms with Crippen LogP contribution in [0.25, 0.3) is 22.0 Å². The number of fused-ring (bicyclic) bond motifs is 1. The molecule has 1 aliphatic heterocycles. The van der Waals surface area contributed by atoms with Gasteiger partial charge in [0.1, 0.15) is 5.82 Å². The number of H-pyrrole nitrogens is 1. The van der Waals surface area contributed by atoms with Gasteiger partial charge in [-0.3, -0.25) is 14.6 Å². The third-order valence-corrected chi connectivity index (χ3v) is 6.45. The van der Waals surface area contributed by atoms with Crippen LogP contribution in [0.4, 0.5) is 4.39 Å². The number of aromatic amines is 1. The summed E-state index contributed by atoms with van der Waals surface area (Å²) in [5.74, 6) is 0.200. The van der Waals surface area contributed by atoms with Gasteiger partial charge in [-0.05, 0) is 55.0 Å². The molecule has 1 fully saturated rings. The maximum absolute atomic E-state index is 13.9. The van der Waals surface area contributed by atoms with E-state index in [0.29, 0.717) is 30.9 Å². The molecular formula is C25H26FN5O. The van der Waals surface area contributed by atoms with Crippen LogP contribution < -0.4 is 0 Å². The second kappa shape index (κ2) is 8.57. The van der Waals surface area contributed by atoms with Crippen molar-refractivity contribution < 1.29 is 9.18 Å². The molecule has 2 atom stereocenters. The Morgan fingerprint density at radius 1 is 1.19 bits per heavy atom. The van der Waals surface area contributed by atoms with Crippen molar-refractivity contribution in [2.45, 2.75) is 38.8 Å². The first-order valence-electron chi connectivity index (χ1n) is 11.1. The second-order valence-electron chi connectivity index (χ2n) is 8.68. The van der Waals surface area contributed by atoms with Crippen LogP contribution in [0.3, 0.4) is 0 Å². The van der Waals surface area contributed by atoms with Crippen LogP contribution in [0.2, 0.25) is 0 Å². The van der Waals surface area contributed by atoms with Gasteiger partial charge in [0.15, 0.2) is 0 Å². The predicted molar refractivity (Wildman–Crippen MR) is 121 cm³/mol. The van der Waals surface area contributed by atoms with E-state index in [1.165, 1.54) is 6.07 Å². The van der Waals surface area contributed by atoms with E-state index in [1.54, 1.807) is 12.1 Å². The molecule has 2 aromatic carbocycles. The molecule has 6 nitrogen and oxygen atoms in total. The largest absolute Gasteiger partial charge is 0.340 e. The van der Waals surface area contributed by atoms with Gasteiger partial charge in [-0.25, -0.2) is 4.39 Å². The van der Waals surface area contributed by atoms with Gasteiger partial charge in [-0.2, -0.15) is 10.2 Å². The molecule has 7 heteroatoms. The number of nitrogens with zero attached hydrogens (tertiary/aromatic N) is 4. The number of carbonyl (C=O) groups excluding carboxylic acids is 1. The molecule has 0 bridgehead atoms. The van der Waals surface area contributed by atoms with Crippen molar-refractivity contribution in [1.29, 1.82) is 0 Å². The summed E-state index contributed by atoms with van der Waals surface area (Å²) in [4.78, 5) is 14.8. The van der Waals surface area contributed by atoms with Crippen LogP contribution in [-0.4, -0.2) is 43.4 Å². The van der Waals surface area contributed by atoms with E-state index in [2.05, 4.69) is 40.4 Å². The quantitative estimate of drug-likeness (QED) is 0.491. The van der Waals surface area contributed by atoms with Gasteiger partial charge in [-0.1, -0.05) is 24.3 Å². The van der Waals surface area contributed by atoms with E-state index >= 15 is 0 Å². The summed E-state index contributed by atoms with van der Waals surface area (Å²) in [5, 5.41) is 12.6. The predicted octanol–water partition coefficient (Wildman–Crippen LogP) is 4.44. The Morgan fingerprint density at radius 3 is 2.88 bits per heavy atom. The van der Waals surface area contributed by atoms with Gasteiger partial charge >= 0.3 is 0 Å². The summed E-state index contributed by atoms with van der Waals surface area (Å²) in [6.45, 7) is 3.58. The minimum atomic E-state index is -0.242. The number of aryl methyl sites for hydroxylation is 1. The molecule has 0 saturated carbocycles. The summed E-state index contributed by atoms with van der Waals surface area (Å²) < 4.78 is 15.9. The summed E-state index contributed by atoms with van der Waals surface area (Å²) in [6.07, 6.45) is 7.29. The highest BCUT2D eigenvalue weighted by atomic mass is 19.1. The second-order valence-corrected chi connectivity index (χ2v) is 8.68. The topological polar surface area (TPSA) is 66.8 Å². The number of likely N-dealkylation sites (tertiary alicyclic amines) is 1. The molecule has 2 aromatic heterocycles. The summed E-state index contributed by atoms with van der Waals surface area (Å²) in [5.41, 5.74) is 3.84. The molecular weight excluding hydrogens is 405 g/mol. The average Bonchev–Trinajstić information content (AvgIpc) is 3.54. The highest BCUT2D eigenvalue weighted by Gasteiger charge is 2.32. The van der Waals surface area contributed by atoms with Crippen molar-refractivity contribution in [3.63, 3.8) is 0 Å². The minimum Gasteiger partial charge on any atom is -0.340 e. The summed E-state index contributed by atoms with van der Waals surface area (Å²) in [7, 11) is 0. The SMILES string of the molecule is CC1CC(Cn2ncc3cc(-c4cn[nH]c4)ccc32)CN1C(=O)CCc1ccccc1F. The zero-order valence-electron chi connectivity index (χ0n) is 18.0. The number of amides is 1. The Bertz CT molecular complexity index is 1230. The van der Waals surface area contributed by atoms with Crippen molar-refractivity contribution in [1.82, 2.24) is 24.9 Å². The Hall–Kier alpha value is -3.48. The molecule has 4 aromatic rings. The van der Waals surface area contributed by atoms with Crippen molar-refractivity contribution >= 4 is 16.8 Å². The van der Waals surface area contributed by atoms with Crippen LogP contribution in [0.5, 0.6) is 0 Å². The lowest BCUT2D eigenvalue weighted by Crippen LogP contribution is -2.34. The Labute approximate surface area is 186 Å². The van der Waals surface area contributed by atoms with Crippen LogP contribution in [0.1, 0.15) is 25.3 Å². The number of halogens is 1. The fourth-order valence-electron chi connectivity index (χ4n) is 4.77. The standard InChI is InChI=1S/C25H26FN5O/c1-17-10-18(15-30(17)25(32)9-7-19-4-2-3-5-23(19)26)16-31-24-8-6-20(11-21(24)14-29-31)22-12-27-28-13-22/h2-6,8,11-14,17-18H,7,9-10,15-16H2,1H3,(H,27,28). The van der Waals surface area contributed by atoms with E-state index in [-0.39, 0.29) is 17.8 Å². The van der Waals surface area contributed by atoms with Gasteiger partial charge in [0.2, 0.25) is 5.91 Å². The van der Waals surface area contributed by atoms with Crippen molar-refractivity contribution in [2.24, 2.45) is 5.92 Å². The average molecular weight is 432 g/mol. The first kappa shape index (κ1) is 20.4. The molecule has 5 rings (SSSR count). The molecule has 1 N–H and O–H groups in total. The van der Waals surface area contributed by atoms with Crippen LogP contribution in [0.15, 0.2) is 61.1 Å². The van der Waals surface area contributed by atoms with E-state index in [1.807, 2.05) is 34.2 Å². The molecule has 2 unspecified atom stereocenters. The smallest absolute Gasteiger partial charge is 0.223 e. The van der Waals surface area contributed by atoms with Crippen molar-refractivity contribution in [3.8, 4) is 11.1 Å². The van der Waals surface area contributed by atoms with Gasteiger partial charge in [0, 0.05) is 42.7 Å². The molecule has 0 radical (unpaired) electrons. The maximum Gasteiger partial charge on any atom is 0.223 e. The lowest BCUT2D eigenvalue weighted by atomic mass is 10.1. The van der Waals surface area contributed by atoms with E-state index in [4.69, 9.17) is 0 Å². The third kappa shape index (κ3) is 4.02. The summed E-state index contributed by atoms with van der Waals surface area (Å²) in [6, 6.07) is 13.2. The zero-order valence-corrected chi connectivity index (χ0v) is 18.0. The first-order valence-corrected chi connectivity index (χ1v) is 11.1. The molecule has 0 aliphatic carbocycles. The summed E-state index contributed by atoms with van der Waals surface area (Å²) >= 11 is 0. The Morgan fingerprint density at radius 2 is 2.06 bits per heavy atom. The molecule has 1 aliphatic rings. The highest BCUT2D eigenvalue weighted by Crippen LogP contribution is 2.28. The van der Waals surface area contributed by atoms with Gasteiger partial charge in [-0.15, -0.1) is 0 Å². The minimum absolute atomic E-state index is 0.0957. The number of carbonyl (C=O) groups is 1. The lowest BCUT2D eigenvalue weighted by molar-refractivity contribution is -0.131. The molecule has 3 heterocycles. The molecule has 1 amide bonds. The monoisotopic (exact) mass is 431 g/mol. The van der Waals surface area contributed by atoms with Crippen LogP contribution >= 0.6 is 0 Å². The van der Waals surface area contributed by atoms with Gasteiger partial charge < -0.3 is 4.90 Å². The number of nitrogens with one attached hydrogen (secondary N) is 1. The fourth-order valence-corrected chi connectivity index (χ4v) is 4.77. The van der Waals surface area contributed by atoms with Crippen LogP contribution in [0, 0.1) is 11.7 Å². The Kier molecular flexibility index (Phi) is 5.47. The van der Waals surface area contributed by atoms with Gasteiger partial charge in [0.05, 0.1) is 17.9 Å². The third-order valence-electron chi connectivity index (χ3n) is 6.45. The Balaban J connectivity index is 1.23. The van der Waals surface area contributed by atoms with Crippen molar-refractivity contribution in [2.75, 3.05) is 6.54 Å². The maximum atomic E-state index is 13.9. The van der Waals surface area contributed by atoms with E-state index in [9.17, 15) is 9.18 Å². The molecule has 164 valence electrons. The number of rotatable bonds is 6. The molecule has 0 spiro atoms. The van der Waals surface area contributed by atoms with Gasteiger partial charge in [0.25, 0.3) is 0 Å². The van der Waals surface area contributed by atoms with Crippen LogP contribution in [-0.2, 0) is 17.8 Å². The molecule has 32 heavy (non-hydrogen) atoms.